The van der Waals surface area contributed by atoms with Gasteiger partial charge in [0.2, 0.25) is 0 Å². The quantitative estimate of drug-likeness (QED) is 0.534. The summed E-state index contributed by atoms with van der Waals surface area (Å²) in [6.45, 7) is 0. The Hall–Kier alpha value is -3.27. The van der Waals surface area contributed by atoms with Gasteiger partial charge in [0.05, 0.1) is 23.6 Å². The molecule has 0 unspecified atom stereocenters. The standard InChI is InChI=1S/C20H16N4/c1-24-20-17(13-22-24)12-21-14-18(20)23-19(15-8-4-2-5-9-15)16-10-6-3-7-11-16/h2-14H,1H3. The van der Waals surface area contributed by atoms with Crippen molar-refractivity contribution in [1.29, 1.82) is 0 Å². The van der Waals surface area contributed by atoms with Crippen molar-refractivity contribution in [3.05, 3.63) is 90.4 Å². The molecule has 0 saturated carbocycles. The molecule has 2 aromatic carbocycles. The zero-order valence-electron chi connectivity index (χ0n) is 13.3. The lowest BCUT2D eigenvalue weighted by Gasteiger charge is -2.08. The largest absolute Gasteiger partial charge is 0.266 e. The molecule has 2 aromatic heterocycles. The molecular formula is C20H16N4. The summed E-state index contributed by atoms with van der Waals surface area (Å²) < 4.78 is 1.84. The number of pyridine rings is 1. The lowest BCUT2D eigenvalue weighted by Crippen LogP contribution is -2.03. The summed E-state index contributed by atoms with van der Waals surface area (Å²) >= 11 is 0. The van der Waals surface area contributed by atoms with Crippen molar-refractivity contribution in [2.45, 2.75) is 0 Å². The number of hydrogen-bond donors (Lipinski definition) is 0. The molecule has 0 aliphatic heterocycles. The third kappa shape index (κ3) is 2.58. The molecule has 0 amide bonds. The van der Waals surface area contributed by atoms with Gasteiger partial charge in [0.25, 0.3) is 0 Å². The summed E-state index contributed by atoms with van der Waals surface area (Å²) in [4.78, 5) is 9.26. The van der Waals surface area contributed by atoms with Gasteiger partial charge in [-0.3, -0.25) is 9.67 Å². The second-order valence-corrected chi connectivity index (χ2v) is 5.56. The maximum atomic E-state index is 4.95. The average molecular weight is 312 g/mol. The van der Waals surface area contributed by atoms with Crippen LogP contribution in [0.3, 0.4) is 0 Å². The molecule has 0 saturated heterocycles. The first-order valence-electron chi connectivity index (χ1n) is 7.78. The smallest absolute Gasteiger partial charge is 0.108 e. The summed E-state index contributed by atoms with van der Waals surface area (Å²) in [6, 6.07) is 20.4. The SMILES string of the molecule is Cn1ncc2cncc(N=C(c3ccccc3)c3ccccc3)c21. The highest BCUT2D eigenvalue weighted by Crippen LogP contribution is 2.26. The van der Waals surface area contributed by atoms with Gasteiger partial charge in [-0.15, -0.1) is 0 Å². The minimum absolute atomic E-state index is 0.815. The molecule has 24 heavy (non-hydrogen) atoms. The van der Waals surface area contributed by atoms with Crippen molar-refractivity contribution >= 4 is 22.3 Å². The number of nitrogens with zero attached hydrogens (tertiary/aromatic N) is 4. The molecule has 0 fully saturated rings. The maximum absolute atomic E-state index is 4.95. The topological polar surface area (TPSA) is 43.1 Å². The van der Waals surface area contributed by atoms with E-state index in [1.165, 1.54) is 0 Å². The highest BCUT2D eigenvalue weighted by molar-refractivity contribution is 6.14. The van der Waals surface area contributed by atoms with E-state index in [2.05, 4.69) is 34.3 Å². The zero-order chi connectivity index (χ0) is 16.4. The fraction of sp³-hybridized carbons (Fsp3) is 0.0500. The second-order valence-electron chi connectivity index (χ2n) is 5.56. The van der Waals surface area contributed by atoms with Crippen molar-refractivity contribution in [3.63, 3.8) is 0 Å². The van der Waals surface area contributed by atoms with Gasteiger partial charge in [-0.1, -0.05) is 60.7 Å². The number of aliphatic imine (C=N–C) groups is 1. The van der Waals surface area contributed by atoms with Gasteiger partial charge in [0, 0.05) is 29.8 Å². The fourth-order valence-electron chi connectivity index (χ4n) is 2.80. The Morgan fingerprint density at radius 3 is 2.08 bits per heavy atom. The van der Waals surface area contributed by atoms with Crippen LogP contribution in [0.4, 0.5) is 5.69 Å². The summed E-state index contributed by atoms with van der Waals surface area (Å²) in [5, 5.41) is 5.30. The van der Waals surface area contributed by atoms with E-state index in [-0.39, 0.29) is 0 Å². The minimum atomic E-state index is 0.815. The number of rotatable bonds is 3. The van der Waals surface area contributed by atoms with Crippen molar-refractivity contribution in [2.75, 3.05) is 0 Å². The van der Waals surface area contributed by atoms with Gasteiger partial charge in [-0.25, -0.2) is 4.99 Å². The predicted octanol–water partition coefficient (Wildman–Crippen LogP) is 4.14. The highest BCUT2D eigenvalue weighted by Gasteiger charge is 2.10. The van der Waals surface area contributed by atoms with Gasteiger partial charge < -0.3 is 0 Å². The van der Waals surface area contributed by atoms with E-state index in [9.17, 15) is 0 Å². The first-order chi connectivity index (χ1) is 11.8. The van der Waals surface area contributed by atoms with E-state index in [1.807, 2.05) is 60.5 Å². The number of hydrogen-bond acceptors (Lipinski definition) is 3. The molecule has 0 aliphatic rings. The van der Waals surface area contributed by atoms with Crippen molar-refractivity contribution in [2.24, 2.45) is 12.0 Å². The number of aryl methyl sites for hydroxylation is 1. The van der Waals surface area contributed by atoms with E-state index in [0.717, 1.165) is 33.4 Å². The zero-order valence-corrected chi connectivity index (χ0v) is 13.3. The summed E-state index contributed by atoms with van der Waals surface area (Å²) in [5.74, 6) is 0. The van der Waals surface area contributed by atoms with E-state index < -0.39 is 0 Å². The van der Waals surface area contributed by atoms with Gasteiger partial charge >= 0.3 is 0 Å². The summed E-state index contributed by atoms with van der Waals surface area (Å²) in [5.41, 5.74) is 4.86. The van der Waals surface area contributed by atoms with E-state index in [4.69, 9.17) is 4.99 Å². The van der Waals surface area contributed by atoms with Crippen LogP contribution in [0.15, 0.2) is 84.2 Å². The molecule has 0 aliphatic carbocycles. The molecule has 0 atom stereocenters. The molecule has 0 radical (unpaired) electrons. The molecule has 0 bridgehead atoms. The third-order valence-electron chi connectivity index (χ3n) is 3.95. The third-order valence-corrected chi connectivity index (χ3v) is 3.95. The molecule has 4 aromatic rings. The highest BCUT2D eigenvalue weighted by atomic mass is 15.3. The fourth-order valence-corrected chi connectivity index (χ4v) is 2.80. The Balaban J connectivity index is 1.96. The van der Waals surface area contributed by atoms with Crippen LogP contribution in [0.1, 0.15) is 11.1 Å². The number of fused-ring (bicyclic) bond motifs is 1. The Morgan fingerprint density at radius 2 is 1.46 bits per heavy atom. The van der Waals surface area contributed by atoms with Crippen LogP contribution in [0, 0.1) is 0 Å². The molecule has 2 heterocycles. The first-order valence-corrected chi connectivity index (χ1v) is 7.78. The Morgan fingerprint density at radius 1 is 0.833 bits per heavy atom. The van der Waals surface area contributed by atoms with Crippen LogP contribution < -0.4 is 0 Å². The summed E-state index contributed by atoms with van der Waals surface area (Å²) in [7, 11) is 1.92. The Kier molecular flexibility index (Phi) is 3.63. The van der Waals surface area contributed by atoms with E-state index in [1.54, 1.807) is 6.20 Å². The van der Waals surface area contributed by atoms with Crippen molar-refractivity contribution in [1.82, 2.24) is 14.8 Å². The van der Waals surface area contributed by atoms with Crippen LogP contribution in [0.2, 0.25) is 0 Å². The van der Waals surface area contributed by atoms with E-state index in [0.29, 0.717) is 0 Å². The molecular weight excluding hydrogens is 296 g/mol. The van der Waals surface area contributed by atoms with Crippen LogP contribution in [-0.2, 0) is 7.05 Å². The van der Waals surface area contributed by atoms with Gasteiger partial charge in [-0.05, 0) is 0 Å². The lowest BCUT2D eigenvalue weighted by molar-refractivity contribution is 0.797. The van der Waals surface area contributed by atoms with Crippen molar-refractivity contribution in [3.8, 4) is 0 Å². The molecule has 4 rings (SSSR count). The minimum Gasteiger partial charge on any atom is -0.266 e. The molecule has 0 N–H and O–H groups in total. The van der Waals surface area contributed by atoms with Crippen LogP contribution in [-0.4, -0.2) is 20.5 Å². The maximum Gasteiger partial charge on any atom is 0.108 e. The number of benzene rings is 2. The van der Waals surface area contributed by atoms with Gasteiger partial charge in [0.15, 0.2) is 0 Å². The van der Waals surface area contributed by atoms with Gasteiger partial charge in [-0.2, -0.15) is 5.10 Å². The van der Waals surface area contributed by atoms with Crippen LogP contribution >= 0.6 is 0 Å². The normalized spacial score (nSPS) is 10.7. The van der Waals surface area contributed by atoms with Crippen molar-refractivity contribution < 1.29 is 0 Å². The first kappa shape index (κ1) is 14.3. The second kappa shape index (κ2) is 6.08. The number of aromatic nitrogens is 3. The average Bonchev–Trinajstić information content (AvgIpc) is 3.03. The predicted molar refractivity (Wildman–Crippen MR) is 96.7 cm³/mol. The Bertz CT molecular complexity index is 960. The Labute approximate surface area is 140 Å². The molecule has 0 spiro atoms. The monoisotopic (exact) mass is 312 g/mol. The van der Waals surface area contributed by atoms with E-state index >= 15 is 0 Å². The van der Waals surface area contributed by atoms with Crippen LogP contribution in [0.5, 0.6) is 0 Å². The van der Waals surface area contributed by atoms with Gasteiger partial charge in [0.1, 0.15) is 5.69 Å². The molecule has 116 valence electrons. The lowest BCUT2D eigenvalue weighted by atomic mass is 10.0. The van der Waals surface area contributed by atoms with Crippen LogP contribution in [0.25, 0.3) is 10.9 Å². The molecule has 4 nitrogen and oxygen atoms in total. The molecule has 4 heteroatoms. The summed E-state index contributed by atoms with van der Waals surface area (Å²) in [6.07, 6.45) is 5.41.